The highest BCUT2D eigenvalue weighted by atomic mass is 16.2. The van der Waals surface area contributed by atoms with Gasteiger partial charge in [0.05, 0.1) is 29.8 Å². The molecule has 2 heterocycles. The van der Waals surface area contributed by atoms with Gasteiger partial charge in [0.1, 0.15) is 5.82 Å². The molecule has 8 nitrogen and oxygen atoms in total. The number of nitrogens with one attached hydrogen (secondary N) is 3. The first-order valence-corrected chi connectivity index (χ1v) is 9.47. The molecule has 30 heavy (non-hydrogen) atoms. The zero-order chi connectivity index (χ0) is 20.7. The Bertz CT molecular complexity index is 1260. The number of hydrogen-bond acceptors (Lipinski definition) is 4. The van der Waals surface area contributed by atoms with Gasteiger partial charge in [0.2, 0.25) is 5.91 Å². The highest BCUT2D eigenvalue weighted by Crippen LogP contribution is 2.47. The van der Waals surface area contributed by atoms with Gasteiger partial charge in [0.15, 0.2) is 0 Å². The molecule has 148 valence electrons. The summed E-state index contributed by atoms with van der Waals surface area (Å²) in [6, 6.07) is 14.7. The SMILES string of the molecule is NC(=O)NCC(=O)N[C@@H]1c2ccccc2-c2c(-c3nc4ccncc4[nH]3)cccc21. The number of carbonyl (C=O) groups is 2. The number of fused-ring (bicyclic) bond motifs is 4. The van der Waals surface area contributed by atoms with Crippen molar-refractivity contribution in [3.63, 3.8) is 0 Å². The maximum absolute atomic E-state index is 12.4. The van der Waals surface area contributed by atoms with Crippen molar-refractivity contribution in [2.45, 2.75) is 6.04 Å². The molecule has 5 N–H and O–H groups in total. The molecule has 0 unspecified atom stereocenters. The zero-order valence-corrected chi connectivity index (χ0v) is 15.8. The Morgan fingerprint density at radius 1 is 1.03 bits per heavy atom. The number of amides is 3. The molecule has 1 aliphatic rings. The minimum absolute atomic E-state index is 0.181. The van der Waals surface area contributed by atoms with Crippen LogP contribution in [0, 0.1) is 0 Å². The van der Waals surface area contributed by atoms with Gasteiger partial charge in [-0.1, -0.05) is 42.5 Å². The first-order chi connectivity index (χ1) is 14.6. The van der Waals surface area contributed by atoms with Crippen LogP contribution in [0.2, 0.25) is 0 Å². The molecule has 4 aromatic rings. The van der Waals surface area contributed by atoms with Gasteiger partial charge in [0, 0.05) is 11.8 Å². The molecular weight excluding hydrogens is 380 g/mol. The van der Waals surface area contributed by atoms with Crippen LogP contribution in [0.4, 0.5) is 4.79 Å². The number of nitrogens with zero attached hydrogens (tertiary/aromatic N) is 2. The van der Waals surface area contributed by atoms with Crippen LogP contribution in [-0.4, -0.2) is 33.4 Å². The number of H-pyrrole nitrogens is 1. The second-order valence-corrected chi connectivity index (χ2v) is 7.05. The van der Waals surface area contributed by atoms with Crippen molar-refractivity contribution < 1.29 is 9.59 Å². The fourth-order valence-electron chi connectivity index (χ4n) is 3.97. The number of aromatic nitrogens is 3. The van der Waals surface area contributed by atoms with E-state index in [2.05, 4.69) is 20.6 Å². The Kier molecular flexibility index (Phi) is 4.17. The van der Waals surface area contributed by atoms with E-state index in [0.29, 0.717) is 0 Å². The lowest BCUT2D eigenvalue weighted by molar-refractivity contribution is -0.120. The summed E-state index contributed by atoms with van der Waals surface area (Å²) in [5.74, 6) is 0.425. The average Bonchev–Trinajstić information content (AvgIpc) is 3.32. The van der Waals surface area contributed by atoms with E-state index in [4.69, 9.17) is 10.7 Å². The van der Waals surface area contributed by atoms with Crippen molar-refractivity contribution in [1.29, 1.82) is 0 Å². The molecule has 0 aliphatic heterocycles. The third-order valence-corrected chi connectivity index (χ3v) is 5.22. The molecule has 0 radical (unpaired) electrons. The van der Waals surface area contributed by atoms with Crippen molar-refractivity contribution in [1.82, 2.24) is 25.6 Å². The molecule has 5 rings (SSSR count). The third kappa shape index (κ3) is 2.95. The molecular formula is C22H18N6O2. The molecule has 0 spiro atoms. The molecule has 3 amide bonds. The van der Waals surface area contributed by atoms with Crippen LogP contribution in [-0.2, 0) is 4.79 Å². The number of imidazole rings is 1. The van der Waals surface area contributed by atoms with Crippen LogP contribution in [0.1, 0.15) is 17.2 Å². The smallest absolute Gasteiger partial charge is 0.312 e. The average molecular weight is 398 g/mol. The summed E-state index contributed by atoms with van der Waals surface area (Å²) in [5, 5.41) is 5.33. The van der Waals surface area contributed by atoms with E-state index in [1.165, 1.54) is 0 Å². The largest absolute Gasteiger partial charge is 0.352 e. The topological polar surface area (TPSA) is 126 Å². The lowest BCUT2D eigenvalue weighted by atomic mass is 9.99. The van der Waals surface area contributed by atoms with Gasteiger partial charge < -0.3 is 21.4 Å². The monoisotopic (exact) mass is 398 g/mol. The van der Waals surface area contributed by atoms with Crippen LogP contribution in [0.15, 0.2) is 60.9 Å². The fraction of sp³-hybridized carbons (Fsp3) is 0.0909. The normalized spacial score (nSPS) is 14.2. The number of primary amides is 1. The van der Waals surface area contributed by atoms with Gasteiger partial charge in [-0.25, -0.2) is 9.78 Å². The molecule has 2 aromatic heterocycles. The van der Waals surface area contributed by atoms with Crippen LogP contribution in [0.3, 0.4) is 0 Å². The van der Waals surface area contributed by atoms with E-state index in [1.807, 2.05) is 48.5 Å². The molecule has 2 aromatic carbocycles. The Labute approximate surface area is 171 Å². The number of aromatic amines is 1. The second-order valence-electron chi connectivity index (χ2n) is 7.05. The summed E-state index contributed by atoms with van der Waals surface area (Å²) in [5.41, 5.74) is 11.7. The van der Waals surface area contributed by atoms with Crippen LogP contribution in [0.25, 0.3) is 33.5 Å². The Balaban J connectivity index is 1.60. The maximum Gasteiger partial charge on any atom is 0.312 e. The summed E-state index contributed by atoms with van der Waals surface area (Å²) in [7, 11) is 0. The highest BCUT2D eigenvalue weighted by molar-refractivity contribution is 5.93. The predicted molar refractivity (Wildman–Crippen MR) is 112 cm³/mol. The predicted octanol–water partition coefficient (Wildman–Crippen LogP) is 2.48. The van der Waals surface area contributed by atoms with E-state index in [9.17, 15) is 9.59 Å². The second kappa shape index (κ2) is 7.00. The Morgan fingerprint density at radius 2 is 1.83 bits per heavy atom. The van der Waals surface area contributed by atoms with Gasteiger partial charge in [-0.2, -0.15) is 0 Å². The third-order valence-electron chi connectivity index (χ3n) is 5.22. The van der Waals surface area contributed by atoms with Crippen molar-refractivity contribution in [3.8, 4) is 22.5 Å². The number of carbonyl (C=O) groups excluding carboxylic acids is 2. The summed E-state index contributed by atoms with van der Waals surface area (Å²) in [4.78, 5) is 35.5. The van der Waals surface area contributed by atoms with Gasteiger partial charge in [-0.3, -0.25) is 9.78 Å². The van der Waals surface area contributed by atoms with Crippen LogP contribution >= 0.6 is 0 Å². The van der Waals surface area contributed by atoms with Gasteiger partial charge in [0.25, 0.3) is 0 Å². The summed E-state index contributed by atoms with van der Waals surface area (Å²) in [6.45, 7) is -0.181. The fourth-order valence-corrected chi connectivity index (χ4v) is 3.97. The van der Waals surface area contributed by atoms with Crippen molar-refractivity contribution in [2.75, 3.05) is 6.54 Å². The first-order valence-electron chi connectivity index (χ1n) is 9.47. The van der Waals surface area contributed by atoms with E-state index >= 15 is 0 Å². The molecule has 0 saturated carbocycles. The maximum atomic E-state index is 12.4. The van der Waals surface area contributed by atoms with Crippen LogP contribution < -0.4 is 16.4 Å². The lowest BCUT2D eigenvalue weighted by Gasteiger charge is -2.16. The molecule has 1 atom stereocenters. The van der Waals surface area contributed by atoms with E-state index in [0.717, 1.165) is 44.7 Å². The molecule has 0 saturated heterocycles. The Hall–Kier alpha value is -4.20. The number of nitrogens with two attached hydrogens (primary N) is 1. The van der Waals surface area contributed by atoms with E-state index in [1.54, 1.807) is 12.4 Å². The summed E-state index contributed by atoms with van der Waals surface area (Å²) >= 11 is 0. The van der Waals surface area contributed by atoms with Crippen LogP contribution in [0.5, 0.6) is 0 Å². The number of rotatable bonds is 4. The molecule has 0 fully saturated rings. The number of hydrogen-bond donors (Lipinski definition) is 4. The summed E-state index contributed by atoms with van der Waals surface area (Å²) < 4.78 is 0. The lowest BCUT2D eigenvalue weighted by Crippen LogP contribution is -2.40. The standard InChI is InChI=1S/C22H18N6O2/c23-22(30)25-11-18(29)28-20-13-5-2-1-4-12(13)19-14(20)6-3-7-15(19)21-26-16-8-9-24-10-17(16)27-21/h1-10,20H,11H2,(H,26,27)(H,28,29)(H3,23,25,30)/t20-/m1/s1. The quantitative estimate of drug-likeness (QED) is 0.421. The minimum Gasteiger partial charge on any atom is -0.352 e. The number of benzene rings is 2. The molecule has 8 heteroatoms. The highest BCUT2D eigenvalue weighted by Gasteiger charge is 2.32. The minimum atomic E-state index is -0.737. The molecule has 1 aliphatic carbocycles. The van der Waals surface area contributed by atoms with Crippen molar-refractivity contribution >= 4 is 23.0 Å². The van der Waals surface area contributed by atoms with Gasteiger partial charge in [-0.15, -0.1) is 0 Å². The van der Waals surface area contributed by atoms with Gasteiger partial charge in [-0.05, 0) is 28.3 Å². The van der Waals surface area contributed by atoms with E-state index < -0.39 is 6.03 Å². The van der Waals surface area contributed by atoms with E-state index in [-0.39, 0.29) is 18.5 Å². The Morgan fingerprint density at radius 3 is 2.67 bits per heavy atom. The zero-order valence-electron chi connectivity index (χ0n) is 15.8. The number of urea groups is 1. The molecule has 0 bridgehead atoms. The first kappa shape index (κ1) is 17.9. The van der Waals surface area contributed by atoms with Crippen molar-refractivity contribution in [2.24, 2.45) is 5.73 Å². The number of pyridine rings is 1. The van der Waals surface area contributed by atoms with Gasteiger partial charge >= 0.3 is 6.03 Å². The van der Waals surface area contributed by atoms with Crippen molar-refractivity contribution in [3.05, 3.63) is 72.1 Å². The summed E-state index contributed by atoms with van der Waals surface area (Å²) in [6.07, 6.45) is 3.46.